The second-order valence-electron chi connectivity index (χ2n) is 8.48. The number of hydrogen-bond donors (Lipinski definition) is 0. The average molecular weight is 344 g/mol. The van der Waals surface area contributed by atoms with Crippen LogP contribution in [0.15, 0.2) is 0 Å². The molecule has 0 aromatic carbocycles. The molecule has 5 heteroatoms. The van der Waals surface area contributed by atoms with Crippen molar-refractivity contribution in [2.75, 3.05) is 0 Å². The van der Waals surface area contributed by atoms with Gasteiger partial charge in [0.25, 0.3) is 0 Å². The van der Waals surface area contributed by atoms with E-state index < -0.39 is 14.7 Å². The van der Waals surface area contributed by atoms with Gasteiger partial charge in [-0.05, 0) is 75.0 Å². The molecule has 0 amide bonds. The zero-order valence-corrected chi connectivity index (χ0v) is 14.8. The fourth-order valence-electron chi connectivity index (χ4n) is 6.22. The lowest BCUT2D eigenvalue weighted by atomic mass is 9.56. The molecule has 5 rings (SSSR count). The molecule has 0 N–H and O–H groups in total. The Morgan fingerprint density at radius 3 is 1.86 bits per heavy atom. The summed E-state index contributed by atoms with van der Waals surface area (Å²) in [6, 6.07) is 0. The molecule has 5 aliphatic rings. The first-order valence-corrected chi connectivity index (χ1v) is 11.4. The van der Waals surface area contributed by atoms with Crippen LogP contribution in [0.5, 0.6) is 0 Å². The van der Waals surface area contributed by atoms with Gasteiger partial charge in [-0.25, -0.2) is 8.42 Å². The summed E-state index contributed by atoms with van der Waals surface area (Å²) >= 11 is 1.62. The molecule has 0 saturated heterocycles. The molecule has 0 heterocycles. The van der Waals surface area contributed by atoms with Gasteiger partial charge in [0.2, 0.25) is 0 Å². The molecule has 0 spiro atoms. The monoisotopic (exact) mass is 343 g/mol. The minimum absolute atomic E-state index is 0.106. The van der Waals surface area contributed by atoms with Crippen LogP contribution in [0.1, 0.15) is 70.6 Å². The molecule has 0 radical (unpaired) electrons. The van der Waals surface area contributed by atoms with Crippen molar-refractivity contribution in [2.45, 2.75) is 80.0 Å². The van der Waals surface area contributed by atoms with Crippen molar-refractivity contribution >= 4 is 21.9 Å². The molecule has 4 bridgehead atoms. The Morgan fingerprint density at radius 2 is 1.41 bits per heavy atom. The highest BCUT2D eigenvalue weighted by Gasteiger charge is 2.53. The van der Waals surface area contributed by atoms with E-state index in [9.17, 15) is 13.0 Å². The molecule has 0 aromatic rings. The molecule has 126 valence electrons. The molecule has 5 aliphatic carbocycles. The largest absolute Gasteiger partial charge is 0.747 e. The number of rotatable bonds is 4. The van der Waals surface area contributed by atoms with Crippen molar-refractivity contribution in [2.24, 2.45) is 23.7 Å². The molecule has 22 heavy (non-hydrogen) atoms. The Bertz CT molecular complexity index is 487. The summed E-state index contributed by atoms with van der Waals surface area (Å²) < 4.78 is 35.4. The van der Waals surface area contributed by atoms with Gasteiger partial charge >= 0.3 is 0 Å². The van der Waals surface area contributed by atoms with Gasteiger partial charge in [-0.3, -0.25) is 0 Å². The molecular weight excluding hydrogens is 316 g/mol. The van der Waals surface area contributed by atoms with E-state index in [1.807, 2.05) is 0 Å². The van der Waals surface area contributed by atoms with E-state index in [-0.39, 0.29) is 10.7 Å². The SMILES string of the molecule is O=S(=O)([O-])C(SC12CC3CC(CC(C3)C1)C2)C1CCCCC1. The highest BCUT2D eigenvalue weighted by atomic mass is 32.3. The van der Waals surface area contributed by atoms with Crippen molar-refractivity contribution in [1.29, 1.82) is 0 Å². The van der Waals surface area contributed by atoms with Crippen LogP contribution in [0.4, 0.5) is 0 Å². The maximum absolute atomic E-state index is 12.0. The van der Waals surface area contributed by atoms with Crippen LogP contribution in [0.25, 0.3) is 0 Å². The van der Waals surface area contributed by atoms with E-state index >= 15 is 0 Å². The predicted molar refractivity (Wildman–Crippen MR) is 88.6 cm³/mol. The molecule has 1 unspecified atom stereocenters. The van der Waals surface area contributed by atoms with Gasteiger partial charge in [0, 0.05) is 4.75 Å². The first-order valence-electron chi connectivity index (χ1n) is 9.06. The van der Waals surface area contributed by atoms with E-state index in [0.717, 1.165) is 43.4 Å². The van der Waals surface area contributed by atoms with Crippen molar-refractivity contribution in [3.05, 3.63) is 0 Å². The van der Waals surface area contributed by atoms with Crippen LogP contribution in [0.2, 0.25) is 0 Å². The third-order valence-corrected chi connectivity index (χ3v) is 10.2. The lowest BCUT2D eigenvalue weighted by molar-refractivity contribution is 0.0380. The molecule has 5 fully saturated rings. The van der Waals surface area contributed by atoms with E-state index in [1.54, 1.807) is 11.8 Å². The number of hydrogen-bond acceptors (Lipinski definition) is 4. The third-order valence-electron chi connectivity index (χ3n) is 6.67. The average Bonchev–Trinajstić information content (AvgIpc) is 2.43. The van der Waals surface area contributed by atoms with Gasteiger partial charge in [0.15, 0.2) is 0 Å². The van der Waals surface area contributed by atoms with E-state index in [4.69, 9.17) is 0 Å². The van der Waals surface area contributed by atoms with E-state index in [2.05, 4.69) is 0 Å². The van der Waals surface area contributed by atoms with Crippen molar-refractivity contribution in [3.63, 3.8) is 0 Å². The minimum atomic E-state index is -4.20. The molecule has 1 atom stereocenters. The van der Waals surface area contributed by atoms with Gasteiger partial charge in [0.05, 0.1) is 4.58 Å². The Hall–Kier alpha value is 0.260. The fourth-order valence-corrected chi connectivity index (χ4v) is 10.00. The van der Waals surface area contributed by atoms with E-state index in [0.29, 0.717) is 0 Å². The summed E-state index contributed by atoms with van der Waals surface area (Å²) in [5, 5.41) is 0. The van der Waals surface area contributed by atoms with Crippen molar-refractivity contribution in [3.8, 4) is 0 Å². The quantitative estimate of drug-likeness (QED) is 0.720. The smallest absolute Gasteiger partial charge is 0.107 e. The molecule has 0 aromatic heterocycles. The van der Waals surface area contributed by atoms with Crippen molar-refractivity contribution in [1.82, 2.24) is 0 Å². The van der Waals surface area contributed by atoms with E-state index in [1.165, 1.54) is 44.9 Å². The summed E-state index contributed by atoms with van der Waals surface area (Å²) in [7, 11) is -4.20. The third kappa shape index (κ3) is 2.98. The summed E-state index contributed by atoms with van der Waals surface area (Å²) in [5.74, 6) is 2.52. The summed E-state index contributed by atoms with van der Waals surface area (Å²) in [6.07, 6.45) is 12.8. The zero-order valence-electron chi connectivity index (χ0n) is 13.2. The van der Waals surface area contributed by atoms with Crippen LogP contribution in [0.3, 0.4) is 0 Å². The Morgan fingerprint density at radius 1 is 0.909 bits per heavy atom. The van der Waals surface area contributed by atoms with Gasteiger partial charge in [0.1, 0.15) is 10.1 Å². The van der Waals surface area contributed by atoms with Crippen LogP contribution >= 0.6 is 11.8 Å². The van der Waals surface area contributed by atoms with Crippen LogP contribution < -0.4 is 0 Å². The first-order chi connectivity index (χ1) is 10.4. The zero-order chi connectivity index (χ0) is 15.4. The Labute approximate surface area is 138 Å². The highest BCUT2D eigenvalue weighted by molar-refractivity contribution is 8.12. The van der Waals surface area contributed by atoms with Crippen LogP contribution in [-0.4, -0.2) is 22.3 Å². The standard InChI is InChI=1S/C17H28O3S2/c18-22(19,20)16(15-4-2-1-3-5-15)21-17-9-12-6-13(10-17)8-14(7-12)11-17/h12-16H,1-11H2,(H,18,19,20)/p-1. The second-order valence-corrected chi connectivity index (χ2v) is 11.9. The van der Waals surface area contributed by atoms with Crippen molar-refractivity contribution < 1.29 is 13.0 Å². The van der Waals surface area contributed by atoms with Gasteiger partial charge < -0.3 is 4.55 Å². The predicted octanol–water partition coefficient (Wildman–Crippen LogP) is 4.14. The minimum Gasteiger partial charge on any atom is -0.747 e. The van der Waals surface area contributed by atoms with Gasteiger partial charge in [-0.2, -0.15) is 0 Å². The highest BCUT2D eigenvalue weighted by Crippen LogP contribution is 2.62. The summed E-state index contributed by atoms with van der Waals surface area (Å²) in [6.45, 7) is 0. The lowest BCUT2D eigenvalue weighted by Gasteiger charge is -2.57. The maximum Gasteiger partial charge on any atom is 0.107 e. The second kappa shape index (κ2) is 5.66. The topological polar surface area (TPSA) is 57.2 Å². The molecule has 5 saturated carbocycles. The summed E-state index contributed by atoms with van der Waals surface area (Å²) in [4.78, 5) is 0. The molecule has 0 aliphatic heterocycles. The van der Waals surface area contributed by atoms with Crippen LogP contribution in [0, 0.1) is 23.7 Å². The van der Waals surface area contributed by atoms with Gasteiger partial charge in [-0.15, -0.1) is 11.8 Å². The van der Waals surface area contributed by atoms with Gasteiger partial charge in [-0.1, -0.05) is 19.3 Å². The normalized spacial score (nSPS) is 43.4. The summed E-state index contributed by atoms with van der Waals surface area (Å²) in [5.41, 5.74) is 0. The molecular formula is C17H27O3S2-. The van der Waals surface area contributed by atoms with Crippen LogP contribution in [-0.2, 0) is 10.1 Å². The maximum atomic E-state index is 12.0. The first kappa shape index (κ1) is 15.8. The Balaban J connectivity index is 1.56. The fraction of sp³-hybridized carbons (Fsp3) is 1.00. The lowest BCUT2D eigenvalue weighted by Crippen LogP contribution is -2.50. The Kier molecular flexibility index (Phi) is 4.06. The molecule has 3 nitrogen and oxygen atoms in total. The number of thioether (sulfide) groups is 1.